The Morgan fingerprint density at radius 1 is 0.865 bits per heavy atom. The third kappa shape index (κ3) is 4.53. The quantitative estimate of drug-likeness (QED) is 0.216. The SMILES string of the molecule is CC(C)c1[nH]c2c3cc(Cl)c(Cl)cc3c(O)c-2c(-c2ccc(F)cc2)c1Cc1ccc(C(F)(F)F)cc1. The Hall–Kier alpha value is -3.22. The summed E-state index contributed by atoms with van der Waals surface area (Å²) in [5.74, 6) is -0.433. The second-order valence-electron chi connectivity index (χ2n) is 9.34. The molecule has 8 heteroatoms. The molecule has 0 amide bonds. The van der Waals surface area contributed by atoms with Gasteiger partial charge in [0.25, 0.3) is 0 Å². The molecule has 1 aliphatic heterocycles. The third-order valence-electron chi connectivity index (χ3n) is 6.58. The van der Waals surface area contributed by atoms with Crippen molar-refractivity contribution in [3.8, 4) is 28.1 Å². The predicted molar refractivity (Wildman–Crippen MR) is 140 cm³/mol. The first-order valence-electron chi connectivity index (χ1n) is 11.6. The van der Waals surface area contributed by atoms with Gasteiger partial charge in [-0.15, -0.1) is 0 Å². The molecule has 0 aromatic heterocycles. The summed E-state index contributed by atoms with van der Waals surface area (Å²) in [6.45, 7) is 3.99. The van der Waals surface area contributed by atoms with E-state index >= 15 is 0 Å². The highest BCUT2D eigenvalue weighted by Gasteiger charge is 2.31. The highest BCUT2D eigenvalue weighted by atomic mass is 35.5. The molecule has 3 aromatic rings. The summed E-state index contributed by atoms with van der Waals surface area (Å²) in [7, 11) is 0. The van der Waals surface area contributed by atoms with Gasteiger partial charge in [-0.3, -0.25) is 0 Å². The fourth-order valence-corrected chi connectivity index (χ4v) is 5.16. The van der Waals surface area contributed by atoms with E-state index in [1.54, 1.807) is 24.3 Å². The van der Waals surface area contributed by atoms with Crippen molar-refractivity contribution in [1.29, 1.82) is 0 Å². The van der Waals surface area contributed by atoms with Gasteiger partial charge in [0, 0.05) is 27.6 Å². The molecule has 1 heterocycles. The van der Waals surface area contributed by atoms with Crippen LogP contribution in [0.25, 0.3) is 33.2 Å². The number of pyridine rings is 1. The summed E-state index contributed by atoms with van der Waals surface area (Å²) in [4.78, 5) is 3.47. The number of benzene rings is 3. The van der Waals surface area contributed by atoms with E-state index in [0.29, 0.717) is 43.7 Å². The zero-order chi connectivity index (χ0) is 26.6. The van der Waals surface area contributed by atoms with Crippen LogP contribution in [-0.2, 0) is 12.6 Å². The maximum absolute atomic E-state index is 13.9. The minimum absolute atomic E-state index is 0.0110. The lowest BCUT2D eigenvalue weighted by Gasteiger charge is -2.23. The number of aromatic nitrogens is 1. The zero-order valence-corrected chi connectivity index (χ0v) is 21.3. The van der Waals surface area contributed by atoms with Gasteiger partial charge < -0.3 is 10.1 Å². The molecule has 190 valence electrons. The maximum Gasteiger partial charge on any atom is 0.416 e. The molecule has 0 unspecified atom stereocenters. The monoisotopic (exact) mass is 545 g/mol. The second-order valence-corrected chi connectivity index (χ2v) is 10.2. The van der Waals surface area contributed by atoms with E-state index in [-0.39, 0.29) is 23.1 Å². The minimum atomic E-state index is -4.43. The Kier molecular flexibility index (Phi) is 6.37. The maximum atomic E-state index is 13.9. The molecule has 0 atom stereocenters. The number of nitrogens with one attached hydrogen (secondary N) is 1. The number of hydrogen-bond acceptors (Lipinski definition) is 1. The number of halogens is 6. The molecule has 3 aromatic carbocycles. The Balaban J connectivity index is 1.84. The Bertz CT molecular complexity index is 1590. The molecular weight excluding hydrogens is 525 g/mol. The predicted octanol–water partition coefficient (Wildman–Crippen LogP) is 9.82. The van der Waals surface area contributed by atoms with Gasteiger partial charge in [-0.05, 0) is 65.4 Å². The molecule has 0 radical (unpaired) electrons. The van der Waals surface area contributed by atoms with Gasteiger partial charge in [0.05, 0.1) is 21.3 Å². The standard InChI is InChI=1S/C29H21Cl2F4NO/c1-14(2)26-21(11-15-3-7-17(8-4-15)29(33,34)35)24(16-5-9-18(32)10-6-16)25-27(36-26)19-12-22(30)23(31)13-20(19)28(25)37/h3-10,12-14,36-37H,11H2,1-2H3. The Labute approximate surface area is 220 Å². The molecular formula is C29H21Cl2F4NO. The summed E-state index contributed by atoms with van der Waals surface area (Å²) in [6, 6.07) is 14.2. The van der Waals surface area contributed by atoms with Crippen LogP contribution in [-0.4, -0.2) is 10.1 Å². The molecule has 5 rings (SSSR count). The molecule has 2 N–H and O–H groups in total. The molecule has 2 nitrogen and oxygen atoms in total. The lowest BCUT2D eigenvalue weighted by molar-refractivity contribution is -0.137. The first kappa shape index (κ1) is 25.4. The summed E-state index contributed by atoms with van der Waals surface area (Å²) in [5, 5.41) is 13.2. The number of aromatic hydroxyl groups is 1. The normalized spacial score (nSPS) is 12.2. The zero-order valence-electron chi connectivity index (χ0n) is 19.8. The smallest absolute Gasteiger partial charge is 0.416 e. The van der Waals surface area contributed by atoms with E-state index in [1.165, 1.54) is 24.3 Å². The number of alkyl halides is 3. The highest BCUT2D eigenvalue weighted by Crippen LogP contribution is 2.52. The number of hydrogen-bond donors (Lipinski definition) is 2. The largest absolute Gasteiger partial charge is 0.507 e. The van der Waals surface area contributed by atoms with Crippen LogP contribution in [0.1, 0.15) is 42.1 Å². The summed E-state index contributed by atoms with van der Waals surface area (Å²) in [6.07, 6.45) is -4.15. The Morgan fingerprint density at radius 3 is 2.03 bits per heavy atom. The van der Waals surface area contributed by atoms with Crippen LogP contribution in [0, 0.1) is 5.82 Å². The first-order chi connectivity index (χ1) is 17.5. The topological polar surface area (TPSA) is 36.0 Å². The lowest BCUT2D eigenvalue weighted by atomic mass is 9.86. The van der Waals surface area contributed by atoms with Crippen LogP contribution in [0.3, 0.4) is 0 Å². The van der Waals surface area contributed by atoms with E-state index in [9.17, 15) is 22.7 Å². The van der Waals surface area contributed by atoms with Crippen LogP contribution in [0.15, 0.2) is 60.7 Å². The number of rotatable bonds is 4. The van der Waals surface area contributed by atoms with Gasteiger partial charge in [-0.1, -0.05) is 61.3 Å². The van der Waals surface area contributed by atoms with Crippen LogP contribution < -0.4 is 0 Å². The molecule has 2 aliphatic rings. The lowest BCUT2D eigenvalue weighted by Crippen LogP contribution is -2.08. The van der Waals surface area contributed by atoms with E-state index in [1.807, 2.05) is 13.8 Å². The van der Waals surface area contributed by atoms with Crippen LogP contribution in [0.2, 0.25) is 10.0 Å². The molecule has 37 heavy (non-hydrogen) atoms. The van der Waals surface area contributed by atoms with E-state index < -0.39 is 17.6 Å². The molecule has 0 bridgehead atoms. The molecule has 0 fully saturated rings. The highest BCUT2D eigenvalue weighted by molar-refractivity contribution is 6.43. The summed E-state index contributed by atoms with van der Waals surface area (Å²) < 4.78 is 53.3. The first-order valence-corrected chi connectivity index (χ1v) is 12.3. The average Bonchev–Trinajstić information content (AvgIpc) is 3.10. The molecule has 0 saturated heterocycles. The van der Waals surface area contributed by atoms with E-state index in [0.717, 1.165) is 23.4 Å². The summed E-state index contributed by atoms with van der Waals surface area (Å²) >= 11 is 12.6. The van der Waals surface area contributed by atoms with Crippen molar-refractivity contribution in [1.82, 2.24) is 4.98 Å². The fourth-order valence-electron chi connectivity index (χ4n) is 4.83. The van der Waals surface area contributed by atoms with Gasteiger partial charge in [0.2, 0.25) is 0 Å². The van der Waals surface area contributed by atoms with Gasteiger partial charge in [-0.2, -0.15) is 13.2 Å². The van der Waals surface area contributed by atoms with Gasteiger partial charge in [-0.25, -0.2) is 4.39 Å². The third-order valence-corrected chi connectivity index (χ3v) is 7.30. The van der Waals surface area contributed by atoms with Crippen LogP contribution in [0.4, 0.5) is 17.6 Å². The molecule has 0 saturated carbocycles. The summed E-state index contributed by atoms with van der Waals surface area (Å²) in [5.41, 5.74) is 4.03. The van der Waals surface area contributed by atoms with Gasteiger partial charge in [0.1, 0.15) is 11.6 Å². The average molecular weight is 546 g/mol. The van der Waals surface area contributed by atoms with Crippen LogP contribution >= 0.6 is 23.2 Å². The van der Waals surface area contributed by atoms with E-state index in [4.69, 9.17) is 23.2 Å². The fraction of sp³-hybridized carbons (Fsp3) is 0.172. The number of fused-ring (bicyclic) bond motifs is 3. The van der Waals surface area contributed by atoms with Crippen LogP contribution in [0.5, 0.6) is 5.75 Å². The molecule has 0 spiro atoms. The van der Waals surface area contributed by atoms with Crippen molar-refractivity contribution in [3.05, 3.63) is 98.9 Å². The van der Waals surface area contributed by atoms with E-state index in [2.05, 4.69) is 4.98 Å². The van der Waals surface area contributed by atoms with Crippen molar-refractivity contribution < 1.29 is 22.7 Å². The second kappa shape index (κ2) is 9.26. The number of aromatic amines is 1. The van der Waals surface area contributed by atoms with Crippen molar-refractivity contribution in [2.24, 2.45) is 0 Å². The van der Waals surface area contributed by atoms with Crippen molar-refractivity contribution in [3.63, 3.8) is 0 Å². The van der Waals surface area contributed by atoms with Gasteiger partial charge >= 0.3 is 6.18 Å². The van der Waals surface area contributed by atoms with Crippen molar-refractivity contribution >= 4 is 34.0 Å². The number of H-pyrrole nitrogens is 1. The van der Waals surface area contributed by atoms with Crippen molar-refractivity contribution in [2.75, 3.05) is 0 Å². The Morgan fingerprint density at radius 2 is 1.46 bits per heavy atom. The minimum Gasteiger partial charge on any atom is -0.507 e. The van der Waals surface area contributed by atoms with Gasteiger partial charge in [0.15, 0.2) is 0 Å². The van der Waals surface area contributed by atoms with Crippen molar-refractivity contribution in [2.45, 2.75) is 32.4 Å². The molecule has 1 aliphatic carbocycles.